The fourth-order valence-corrected chi connectivity index (χ4v) is 3.05. The number of carbonyl (C=O) groups is 2. The highest BCUT2D eigenvalue weighted by Gasteiger charge is 2.15. The summed E-state index contributed by atoms with van der Waals surface area (Å²) < 4.78 is 22.6. The second-order valence-corrected chi connectivity index (χ2v) is 6.69. The molecular weight excluding hydrogens is 418 g/mol. The number of hydrogen-bond donors (Lipinski definition) is 1. The number of benzene rings is 1. The molecular formula is C22H19N3O7. The van der Waals surface area contributed by atoms with Gasteiger partial charge in [0.2, 0.25) is 5.76 Å². The Labute approximate surface area is 181 Å². The Morgan fingerprint density at radius 1 is 1.12 bits per heavy atom. The van der Waals surface area contributed by atoms with Gasteiger partial charge in [-0.3, -0.25) is 10.00 Å². The SMILES string of the molecule is CCOC(=O)Nc1ccc2c(COC(=O)c3ccc(Cn4cccn4)o3)cc(=O)oc2c1. The van der Waals surface area contributed by atoms with Crippen molar-refractivity contribution < 1.29 is 27.9 Å². The summed E-state index contributed by atoms with van der Waals surface area (Å²) in [6.07, 6.45) is 2.80. The van der Waals surface area contributed by atoms with E-state index in [1.807, 2.05) is 0 Å². The van der Waals surface area contributed by atoms with E-state index >= 15 is 0 Å². The molecule has 1 N–H and O–H groups in total. The van der Waals surface area contributed by atoms with Gasteiger partial charge in [-0.1, -0.05) is 0 Å². The first-order valence-corrected chi connectivity index (χ1v) is 9.75. The van der Waals surface area contributed by atoms with Gasteiger partial charge in [0.25, 0.3) is 0 Å². The number of aromatic nitrogens is 2. The second-order valence-electron chi connectivity index (χ2n) is 6.69. The Hall–Kier alpha value is -4.34. The van der Waals surface area contributed by atoms with E-state index in [0.29, 0.717) is 28.9 Å². The summed E-state index contributed by atoms with van der Waals surface area (Å²) in [5.74, 6) is -0.0767. The molecule has 32 heavy (non-hydrogen) atoms. The first-order valence-electron chi connectivity index (χ1n) is 9.75. The Morgan fingerprint density at radius 3 is 2.78 bits per heavy atom. The maximum absolute atomic E-state index is 12.4. The van der Waals surface area contributed by atoms with Crippen LogP contribution in [0.3, 0.4) is 0 Å². The van der Waals surface area contributed by atoms with Crippen molar-refractivity contribution in [1.82, 2.24) is 9.78 Å². The molecule has 4 rings (SSSR count). The summed E-state index contributed by atoms with van der Waals surface area (Å²) in [6, 6.07) is 11.0. The molecule has 4 aromatic rings. The molecule has 10 nitrogen and oxygen atoms in total. The van der Waals surface area contributed by atoms with Gasteiger partial charge in [0, 0.05) is 41.2 Å². The van der Waals surface area contributed by atoms with Gasteiger partial charge < -0.3 is 18.3 Å². The summed E-state index contributed by atoms with van der Waals surface area (Å²) in [7, 11) is 0. The van der Waals surface area contributed by atoms with E-state index in [0.717, 1.165) is 0 Å². The van der Waals surface area contributed by atoms with Crippen LogP contribution in [0.25, 0.3) is 11.0 Å². The fraction of sp³-hybridized carbons (Fsp3) is 0.182. The highest BCUT2D eigenvalue weighted by atomic mass is 16.5. The standard InChI is InChI=1S/C22H19N3O7/c1-2-29-22(28)24-15-4-6-17-14(10-20(26)32-19(17)11-15)13-30-21(27)18-7-5-16(31-18)12-25-9-3-8-23-25/h3-11H,2,12-13H2,1H3,(H,24,28). The average molecular weight is 437 g/mol. The van der Waals surface area contributed by atoms with E-state index in [9.17, 15) is 14.4 Å². The van der Waals surface area contributed by atoms with E-state index < -0.39 is 17.7 Å². The first-order chi connectivity index (χ1) is 15.5. The maximum Gasteiger partial charge on any atom is 0.411 e. The fourth-order valence-electron chi connectivity index (χ4n) is 3.05. The van der Waals surface area contributed by atoms with Gasteiger partial charge in [-0.2, -0.15) is 5.10 Å². The first kappa shape index (κ1) is 20.9. The van der Waals surface area contributed by atoms with Crippen LogP contribution in [0.4, 0.5) is 10.5 Å². The molecule has 3 aromatic heterocycles. The Balaban J connectivity index is 1.46. The maximum atomic E-state index is 12.4. The van der Waals surface area contributed by atoms with Crippen LogP contribution in [0.15, 0.2) is 68.5 Å². The zero-order chi connectivity index (χ0) is 22.5. The van der Waals surface area contributed by atoms with Gasteiger partial charge in [-0.15, -0.1) is 0 Å². The summed E-state index contributed by atoms with van der Waals surface area (Å²) in [5.41, 5.74) is 0.470. The number of fused-ring (bicyclic) bond motifs is 1. The number of amides is 1. The van der Waals surface area contributed by atoms with Gasteiger partial charge in [-0.05, 0) is 37.3 Å². The third kappa shape index (κ3) is 4.86. The molecule has 1 amide bonds. The Bertz CT molecular complexity index is 1300. The van der Waals surface area contributed by atoms with Crippen molar-refractivity contribution in [2.24, 2.45) is 0 Å². The van der Waals surface area contributed by atoms with Crippen LogP contribution in [-0.2, 0) is 22.6 Å². The van der Waals surface area contributed by atoms with Crippen LogP contribution in [0.1, 0.15) is 28.8 Å². The number of anilines is 1. The van der Waals surface area contributed by atoms with E-state index in [1.54, 1.807) is 48.3 Å². The third-order valence-corrected chi connectivity index (χ3v) is 4.45. The van der Waals surface area contributed by atoms with Gasteiger partial charge in [0.1, 0.15) is 18.0 Å². The summed E-state index contributed by atoms with van der Waals surface area (Å²) in [6.45, 7) is 2.13. The Kier molecular flexibility index (Phi) is 6.02. The smallest absolute Gasteiger partial charge is 0.411 e. The van der Waals surface area contributed by atoms with Crippen molar-refractivity contribution in [1.29, 1.82) is 0 Å². The quantitative estimate of drug-likeness (QED) is 0.344. The molecule has 10 heteroatoms. The monoisotopic (exact) mass is 437 g/mol. The topological polar surface area (TPSA) is 126 Å². The van der Waals surface area contributed by atoms with Gasteiger partial charge >= 0.3 is 17.7 Å². The zero-order valence-electron chi connectivity index (χ0n) is 17.1. The second kappa shape index (κ2) is 9.21. The van der Waals surface area contributed by atoms with Crippen LogP contribution in [0, 0.1) is 0 Å². The van der Waals surface area contributed by atoms with Gasteiger partial charge in [-0.25, -0.2) is 14.4 Å². The lowest BCUT2D eigenvalue weighted by Crippen LogP contribution is -2.13. The highest BCUT2D eigenvalue weighted by molar-refractivity contribution is 5.90. The van der Waals surface area contributed by atoms with Crippen molar-refractivity contribution in [2.75, 3.05) is 11.9 Å². The van der Waals surface area contributed by atoms with Crippen molar-refractivity contribution in [2.45, 2.75) is 20.1 Å². The van der Waals surface area contributed by atoms with Gasteiger partial charge in [0.05, 0.1) is 13.2 Å². The lowest BCUT2D eigenvalue weighted by molar-refractivity contribution is 0.0435. The molecule has 0 saturated carbocycles. The van der Waals surface area contributed by atoms with E-state index in [-0.39, 0.29) is 24.6 Å². The van der Waals surface area contributed by atoms with E-state index in [4.69, 9.17) is 18.3 Å². The van der Waals surface area contributed by atoms with Crippen molar-refractivity contribution in [3.05, 3.63) is 82.4 Å². The van der Waals surface area contributed by atoms with Crippen molar-refractivity contribution in [3.63, 3.8) is 0 Å². The van der Waals surface area contributed by atoms with Crippen LogP contribution in [0.2, 0.25) is 0 Å². The summed E-state index contributed by atoms with van der Waals surface area (Å²) >= 11 is 0. The molecule has 0 fully saturated rings. The molecule has 0 aliphatic rings. The predicted octanol–water partition coefficient (Wildman–Crippen LogP) is 3.56. The van der Waals surface area contributed by atoms with Crippen LogP contribution in [-0.4, -0.2) is 28.4 Å². The lowest BCUT2D eigenvalue weighted by Gasteiger charge is -2.09. The van der Waals surface area contributed by atoms with Crippen molar-refractivity contribution >= 4 is 28.7 Å². The third-order valence-electron chi connectivity index (χ3n) is 4.45. The van der Waals surface area contributed by atoms with E-state index in [1.165, 1.54) is 18.2 Å². The predicted molar refractivity (Wildman–Crippen MR) is 112 cm³/mol. The number of nitrogens with zero attached hydrogens (tertiary/aromatic N) is 2. The molecule has 164 valence electrons. The number of carbonyl (C=O) groups excluding carboxylic acids is 2. The van der Waals surface area contributed by atoms with E-state index in [2.05, 4.69) is 10.4 Å². The summed E-state index contributed by atoms with van der Waals surface area (Å²) in [5, 5.41) is 7.18. The zero-order valence-corrected chi connectivity index (χ0v) is 17.1. The van der Waals surface area contributed by atoms with Crippen LogP contribution in [0.5, 0.6) is 0 Å². The number of esters is 1. The molecule has 0 aliphatic carbocycles. The highest BCUT2D eigenvalue weighted by Crippen LogP contribution is 2.22. The lowest BCUT2D eigenvalue weighted by atomic mass is 10.1. The number of hydrogen-bond acceptors (Lipinski definition) is 8. The number of rotatable bonds is 7. The molecule has 1 aromatic carbocycles. The molecule has 0 atom stereocenters. The molecule has 0 radical (unpaired) electrons. The Morgan fingerprint density at radius 2 is 2.00 bits per heavy atom. The van der Waals surface area contributed by atoms with Crippen molar-refractivity contribution in [3.8, 4) is 0 Å². The van der Waals surface area contributed by atoms with Crippen LogP contribution >= 0.6 is 0 Å². The molecule has 0 unspecified atom stereocenters. The number of furan rings is 1. The molecule has 0 bridgehead atoms. The normalized spacial score (nSPS) is 10.8. The number of ether oxygens (including phenoxy) is 2. The number of nitrogens with one attached hydrogen (secondary N) is 1. The minimum Gasteiger partial charge on any atom is -0.455 e. The minimum atomic E-state index is -0.668. The average Bonchev–Trinajstić information content (AvgIpc) is 3.44. The van der Waals surface area contributed by atoms with Gasteiger partial charge in [0.15, 0.2) is 0 Å². The molecule has 0 spiro atoms. The molecule has 0 saturated heterocycles. The minimum absolute atomic E-state index is 0.0420. The molecule has 0 aliphatic heterocycles. The largest absolute Gasteiger partial charge is 0.455 e. The summed E-state index contributed by atoms with van der Waals surface area (Å²) in [4.78, 5) is 35.9. The molecule has 3 heterocycles. The van der Waals surface area contributed by atoms with Crippen LogP contribution < -0.4 is 10.9 Å².